The molecule has 5 nitrogen and oxygen atoms in total. The number of β-amino-alcohol motifs (C(OH)–C–C–N with tert-alkyl or cyclic N) is 1. The summed E-state index contributed by atoms with van der Waals surface area (Å²) in [5, 5.41) is 17.5. The van der Waals surface area contributed by atoms with Crippen LogP contribution in [0.1, 0.15) is 50.9 Å². The molecule has 2 rings (SSSR count). The van der Waals surface area contributed by atoms with Crippen molar-refractivity contribution in [3.05, 3.63) is 17.5 Å². The van der Waals surface area contributed by atoms with Crippen LogP contribution in [0, 0.1) is 18.8 Å². The first-order valence-electron chi connectivity index (χ1n) is 8.52. The number of nitrogens with zero attached hydrogens (tertiary/aromatic N) is 2. The van der Waals surface area contributed by atoms with Crippen molar-refractivity contribution in [1.82, 2.24) is 15.1 Å². The van der Waals surface area contributed by atoms with E-state index in [1.807, 2.05) is 17.9 Å². The smallest absolute Gasteiger partial charge is 0.225 e. The molecule has 1 aromatic heterocycles. The fraction of sp³-hybridized carbons (Fsp3) is 0.765. The van der Waals surface area contributed by atoms with E-state index in [9.17, 15) is 9.90 Å². The summed E-state index contributed by atoms with van der Waals surface area (Å²) in [6.07, 6.45) is 4.24. The maximum Gasteiger partial charge on any atom is 0.225 e. The molecule has 2 heterocycles. The Morgan fingerprint density at radius 3 is 2.64 bits per heavy atom. The van der Waals surface area contributed by atoms with Crippen LogP contribution in [0.2, 0.25) is 0 Å². The Morgan fingerprint density at radius 2 is 2.09 bits per heavy atom. The zero-order chi connectivity index (χ0) is 16.1. The number of hydrogen-bond acceptors (Lipinski definition) is 3. The first-order valence-corrected chi connectivity index (χ1v) is 8.52. The SMILES string of the molecule is CCCC(CCC)C(=O)N1CC(O)C(Cc2cc(C)[nH]n2)C1. The summed E-state index contributed by atoms with van der Waals surface area (Å²) >= 11 is 0. The Bertz CT molecular complexity index is 480. The van der Waals surface area contributed by atoms with Crippen molar-refractivity contribution in [3.8, 4) is 0 Å². The fourth-order valence-corrected chi connectivity index (χ4v) is 3.43. The predicted molar refractivity (Wildman–Crippen MR) is 86.4 cm³/mol. The van der Waals surface area contributed by atoms with Crippen molar-refractivity contribution in [3.63, 3.8) is 0 Å². The molecule has 1 fully saturated rings. The summed E-state index contributed by atoms with van der Waals surface area (Å²) < 4.78 is 0. The number of hydrogen-bond donors (Lipinski definition) is 2. The molecule has 2 atom stereocenters. The molecule has 0 spiro atoms. The number of aromatic nitrogens is 2. The number of amides is 1. The molecule has 0 aliphatic carbocycles. The molecule has 0 saturated carbocycles. The van der Waals surface area contributed by atoms with Gasteiger partial charge in [-0.05, 0) is 32.3 Å². The summed E-state index contributed by atoms with van der Waals surface area (Å²) in [5.74, 6) is 0.438. The van der Waals surface area contributed by atoms with Crippen molar-refractivity contribution in [2.24, 2.45) is 11.8 Å². The largest absolute Gasteiger partial charge is 0.391 e. The molecule has 1 amide bonds. The second-order valence-corrected chi connectivity index (χ2v) is 6.59. The van der Waals surface area contributed by atoms with Gasteiger partial charge in [-0.15, -0.1) is 0 Å². The molecule has 1 aliphatic heterocycles. The van der Waals surface area contributed by atoms with Gasteiger partial charge in [-0.1, -0.05) is 26.7 Å². The molecule has 1 aromatic rings. The number of aliphatic hydroxyl groups is 1. The van der Waals surface area contributed by atoms with E-state index in [4.69, 9.17) is 0 Å². The van der Waals surface area contributed by atoms with Crippen LogP contribution in [0.15, 0.2) is 6.07 Å². The van der Waals surface area contributed by atoms with Gasteiger partial charge in [0.1, 0.15) is 0 Å². The highest BCUT2D eigenvalue weighted by atomic mass is 16.3. The topological polar surface area (TPSA) is 69.2 Å². The first kappa shape index (κ1) is 17.0. The molecule has 22 heavy (non-hydrogen) atoms. The lowest BCUT2D eigenvalue weighted by atomic mass is 9.96. The van der Waals surface area contributed by atoms with Crippen LogP contribution in [0.4, 0.5) is 0 Å². The summed E-state index contributed by atoms with van der Waals surface area (Å²) in [6.45, 7) is 7.33. The lowest BCUT2D eigenvalue weighted by Crippen LogP contribution is -2.35. The average Bonchev–Trinajstić information content (AvgIpc) is 3.05. The van der Waals surface area contributed by atoms with Gasteiger partial charge >= 0.3 is 0 Å². The number of H-pyrrole nitrogens is 1. The second-order valence-electron chi connectivity index (χ2n) is 6.59. The fourth-order valence-electron chi connectivity index (χ4n) is 3.43. The van der Waals surface area contributed by atoms with Crippen LogP contribution in [0.25, 0.3) is 0 Å². The Morgan fingerprint density at radius 1 is 1.41 bits per heavy atom. The number of carbonyl (C=O) groups excluding carboxylic acids is 1. The van der Waals surface area contributed by atoms with E-state index in [1.54, 1.807) is 0 Å². The zero-order valence-corrected chi connectivity index (χ0v) is 14.0. The van der Waals surface area contributed by atoms with E-state index >= 15 is 0 Å². The Balaban J connectivity index is 1.95. The molecule has 124 valence electrons. The van der Waals surface area contributed by atoms with Gasteiger partial charge in [0.15, 0.2) is 0 Å². The van der Waals surface area contributed by atoms with Crippen molar-refractivity contribution in [1.29, 1.82) is 0 Å². The van der Waals surface area contributed by atoms with Gasteiger partial charge in [0.05, 0.1) is 11.8 Å². The van der Waals surface area contributed by atoms with Crippen molar-refractivity contribution >= 4 is 5.91 Å². The minimum absolute atomic E-state index is 0.0931. The minimum atomic E-state index is -0.440. The number of nitrogens with one attached hydrogen (secondary N) is 1. The molecular weight excluding hydrogens is 278 g/mol. The van der Waals surface area contributed by atoms with Crippen LogP contribution in [-0.4, -0.2) is 45.3 Å². The highest BCUT2D eigenvalue weighted by molar-refractivity contribution is 5.79. The predicted octanol–water partition coefficient (Wildman–Crippen LogP) is 2.30. The highest BCUT2D eigenvalue weighted by Gasteiger charge is 2.36. The van der Waals surface area contributed by atoms with E-state index in [1.165, 1.54) is 0 Å². The number of likely N-dealkylation sites (tertiary alicyclic amines) is 1. The van der Waals surface area contributed by atoms with E-state index in [0.29, 0.717) is 13.1 Å². The van der Waals surface area contributed by atoms with Gasteiger partial charge in [0, 0.05) is 30.6 Å². The lowest BCUT2D eigenvalue weighted by Gasteiger charge is -2.23. The maximum absolute atomic E-state index is 12.7. The van der Waals surface area contributed by atoms with Gasteiger partial charge in [-0.2, -0.15) is 5.10 Å². The zero-order valence-electron chi connectivity index (χ0n) is 14.0. The maximum atomic E-state index is 12.7. The van der Waals surface area contributed by atoms with Crippen LogP contribution in [0.3, 0.4) is 0 Å². The monoisotopic (exact) mass is 307 g/mol. The quantitative estimate of drug-likeness (QED) is 0.812. The lowest BCUT2D eigenvalue weighted by molar-refractivity contribution is -0.135. The normalized spacial score (nSPS) is 21.8. The van der Waals surface area contributed by atoms with Crippen LogP contribution in [-0.2, 0) is 11.2 Å². The molecule has 1 saturated heterocycles. The number of carbonyl (C=O) groups is 1. The molecule has 0 aromatic carbocycles. The summed E-state index contributed by atoms with van der Waals surface area (Å²) in [4.78, 5) is 14.5. The third-order valence-electron chi connectivity index (χ3n) is 4.57. The van der Waals surface area contributed by atoms with Crippen molar-refractivity contribution in [2.75, 3.05) is 13.1 Å². The second kappa shape index (κ2) is 7.77. The molecule has 2 N–H and O–H groups in total. The van der Waals surface area contributed by atoms with E-state index < -0.39 is 6.10 Å². The van der Waals surface area contributed by atoms with E-state index in [-0.39, 0.29) is 17.7 Å². The Labute approximate surface area is 133 Å². The molecule has 0 bridgehead atoms. The molecule has 2 unspecified atom stereocenters. The molecular formula is C17H29N3O2. The van der Waals surface area contributed by atoms with Gasteiger partial charge < -0.3 is 10.0 Å². The average molecular weight is 307 g/mol. The van der Waals surface area contributed by atoms with Crippen LogP contribution in [0.5, 0.6) is 0 Å². The number of aromatic amines is 1. The third kappa shape index (κ3) is 4.09. The molecule has 1 aliphatic rings. The van der Waals surface area contributed by atoms with Gasteiger partial charge in [0.25, 0.3) is 0 Å². The number of aliphatic hydroxyl groups excluding tert-OH is 1. The summed E-state index contributed by atoms with van der Waals surface area (Å²) in [6, 6.07) is 2.01. The van der Waals surface area contributed by atoms with Crippen LogP contribution >= 0.6 is 0 Å². The third-order valence-corrected chi connectivity index (χ3v) is 4.57. The molecule has 0 radical (unpaired) electrons. The standard InChI is InChI=1S/C17H29N3O2/c1-4-6-13(7-5-2)17(22)20-10-14(16(21)11-20)9-15-8-12(3)18-19-15/h8,13-14,16,21H,4-7,9-11H2,1-3H3,(H,18,19). The van der Waals surface area contributed by atoms with Crippen molar-refractivity contribution in [2.45, 2.75) is 59.0 Å². The van der Waals surface area contributed by atoms with E-state index in [0.717, 1.165) is 43.5 Å². The van der Waals surface area contributed by atoms with Crippen molar-refractivity contribution < 1.29 is 9.90 Å². The van der Waals surface area contributed by atoms with Gasteiger partial charge in [-0.3, -0.25) is 9.89 Å². The Kier molecular flexibility index (Phi) is 6.00. The van der Waals surface area contributed by atoms with E-state index in [2.05, 4.69) is 24.0 Å². The number of rotatable bonds is 7. The van der Waals surface area contributed by atoms with Crippen LogP contribution < -0.4 is 0 Å². The summed E-state index contributed by atoms with van der Waals surface area (Å²) in [7, 11) is 0. The Hall–Kier alpha value is -1.36. The minimum Gasteiger partial charge on any atom is -0.391 e. The van der Waals surface area contributed by atoms with Gasteiger partial charge in [-0.25, -0.2) is 0 Å². The van der Waals surface area contributed by atoms with Gasteiger partial charge in [0.2, 0.25) is 5.91 Å². The highest BCUT2D eigenvalue weighted by Crippen LogP contribution is 2.25. The summed E-state index contributed by atoms with van der Waals surface area (Å²) in [5.41, 5.74) is 2.00. The molecule has 5 heteroatoms. The number of aryl methyl sites for hydroxylation is 1. The first-order chi connectivity index (χ1) is 10.5.